The van der Waals surface area contributed by atoms with Gasteiger partial charge in [-0.1, -0.05) is 29.8 Å². The summed E-state index contributed by atoms with van der Waals surface area (Å²) >= 11 is 0. The quantitative estimate of drug-likeness (QED) is 0.898. The molecule has 1 aromatic carbocycles. The van der Waals surface area contributed by atoms with Crippen molar-refractivity contribution in [3.63, 3.8) is 0 Å². The number of hydrogen-bond donors (Lipinski definition) is 1. The maximum absolute atomic E-state index is 13.0. The molecule has 25 heavy (non-hydrogen) atoms. The number of carbonyl (C=O) groups excluding carboxylic acids is 1. The van der Waals surface area contributed by atoms with Crippen LogP contribution in [0.15, 0.2) is 30.5 Å². The molecular weight excluding hydrogens is 333 g/mol. The number of rotatable bonds is 5. The van der Waals surface area contributed by atoms with E-state index in [9.17, 15) is 18.0 Å². The molecule has 1 atom stereocenters. The first-order valence-electron chi connectivity index (χ1n) is 7.71. The molecule has 0 fully saturated rings. The van der Waals surface area contributed by atoms with E-state index >= 15 is 0 Å². The number of likely N-dealkylation sites (N-methyl/N-ethyl adjacent to an activating group) is 1. The Labute approximate surface area is 144 Å². The number of aryl methyl sites for hydroxylation is 2. The molecule has 0 aliphatic carbocycles. The van der Waals surface area contributed by atoms with E-state index in [0.717, 1.165) is 22.0 Å². The summed E-state index contributed by atoms with van der Waals surface area (Å²) in [6.07, 6.45) is -3.60. The van der Waals surface area contributed by atoms with Crippen molar-refractivity contribution in [2.24, 2.45) is 7.05 Å². The lowest BCUT2D eigenvalue weighted by Crippen LogP contribution is -2.35. The van der Waals surface area contributed by atoms with Gasteiger partial charge < -0.3 is 10.2 Å². The van der Waals surface area contributed by atoms with Gasteiger partial charge in [0.1, 0.15) is 0 Å². The fourth-order valence-electron chi connectivity index (χ4n) is 2.54. The Morgan fingerprint density at radius 3 is 2.40 bits per heavy atom. The largest absolute Gasteiger partial charge is 0.435 e. The number of aromatic nitrogens is 2. The van der Waals surface area contributed by atoms with Crippen molar-refractivity contribution in [3.05, 3.63) is 52.8 Å². The SMILES string of the molecule is Cc1ccc(C(CNC(=O)c2cn(C)nc2C(F)(F)F)N(C)C)cc1. The molecule has 1 heterocycles. The predicted molar refractivity (Wildman–Crippen MR) is 88.2 cm³/mol. The fraction of sp³-hybridized carbons (Fsp3) is 0.412. The van der Waals surface area contributed by atoms with Crippen LogP contribution in [0.5, 0.6) is 0 Å². The Morgan fingerprint density at radius 2 is 1.88 bits per heavy atom. The summed E-state index contributed by atoms with van der Waals surface area (Å²) in [7, 11) is 5.05. The molecule has 0 saturated carbocycles. The Bertz CT molecular complexity index is 735. The molecule has 2 aromatic rings. The zero-order valence-electron chi connectivity index (χ0n) is 14.6. The first-order valence-corrected chi connectivity index (χ1v) is 7.71. The number of hydrogen-bond acceptors (Lipinski definition) is 3. The molecule has 2 rings (SSSR count). The van der Waals surface area contributed by atoms with E-state index in [1.165, 1.54) is 7.05 Å². The molecule has 5 nitrogen and oxygen atoms in total. The van der Waals surface area contributed by atoms with Crippen molar-refractivity contribution in [3.8, 4) is 0 Å². The van der Waals surface area contributed by atoms with Crippen LogP contribution in [0.1, 0.15) is 33.2 Å². The molecule has 0 aliphatic heterocycles. The topological polar surface area (TPSA) is 50.2 Å². The van der Waals surface area contributed by atoms with Crippen LogP contribution in [0, 0.1) is 6.92 Å². The number of nitrogens with one attached hydrogen (secondary N) is 1. The van der Waals surface area contributed by atoms with Gasteiger partial charge >= 0.3 is 6.18 Å². The summed E-state index contributed by atoms with van der Waals surface area (Å²) in [5.74, 6) is -0.792. The fourth-order valence-corrected chi connectivity index (χ4v) is 2.54. The van der Waals surface area contributed by atoms with Crippen molar-refractivity contribution in [2.75, 3.05) is 20.6 Å². The van der Waals surface area contributed by atoms with Gasteiger partial charge in [0.2, 0.25) is 0 Å². The van der Waals surface area contributed by atoms with E-state index in [4.69, 9.17) is 0 Å². The molecule has 1 N–H and O–H groups in total. The number of halogens is 3. The molecular formula is C17H21F3N4O. The van der Waals surface area contributed by atoms with Crippen LogP contribution in [0.25, 0.3) is 0 Å². The van der Waals surface area contributed by atoms with Gasteiger partial charge in [0.05, 0.1) is 11.6 Å². The summed E-state index contributed by atoms with van der Waals surface area (Å²) in [6, 6.07) is 7.64. The Morgan fingerprint density at radius 1 is 1.28 bits per heavy atom. The second-order valence-electron chi connectivity index (χ2n) is 6.16. The molecule has 1 amide bonds. The summed E-state index contributed by atoms with van der Waals surface area (Å²) in [4.78, 5) is 14.2. The number of nitrogens with zero attached hydrogens (tertiary/aromatic N) is 3. The van der Waals surface area contributed by atoms with Gasteiger partial charge in [0.25, 0.3) is 5.91 Å². The zero-order valence-corrected chi connectivity index (χ0v) is 14.6. The third-order valence-electron chi connectivity index (χ3n) is 3.88. The Hall–Kier alpha value is -2.35. The monoisotopic (exact) mass is 354 g/mol. The zero-order chi connectivity index (χ0) is 18.8. The third-order valence-corrected chi connectivity index (χ3v) is 3.88. The van der Waals surface area contributed by atoms with E-state index < -0.39 is 23.3 Å². The minimum Gasteiger partial charge on any atom is -0.350 e. The average Bonchev–Trinajstić information content (AvgIpc) is 2.91. The summed E-state index contributed by atoms with van der Waals surface area (Å²) in [5.41, 5.74) is 0.425. The van der Waals surface area contributed by atoms with Crippen LogP contribution in [0.4, 0.5) is 13.2 Å². The van der Waals surface area contributed by atoms with Crippen molar-refractivity contribution in [2.45, 2.75) is 19.1 Å². The minimum absolute atomic E-state index is 0.157. The number of benzene rings is 1. The maximum atomic E-state index is 13.0. The molecule has 0 spiro atoms. The Kier molecular flexibility index (Phi) is 5.52. The van der Waals surface area contributed by atoms with Crippen LogP contribution < -0.4 is 5.32 Å². The van der Waals surface area contributed by atoms with Crippen LogP contribution in [-0.4, -0.2) is 41.2 Å². The van der Waals surface area contributed by atoms with E-state index in [1.807, 2.05) is 50.2 Å². The summed E-state index contributed by atoms with van der Waals surface area (Å²) < 4.78 is 40.0. The second-order valence-corrected chi connectivity index (χ2v) is 6.16. The van der Waals surface area contributed by atoms with Gasteiger partial charge in [-0.25, -0.2) is 0 Å². The Balaban J connectivity index is 2.16. The highest BCUT2D eigenvalue weighted by molar-refractivity contribution is 5.95. The van der Waals surface area contributed by atoms with E-state index in [2.05, 4.69) is 10.4 Å². The second kappa shape index (κ2) is 7.26. The molecule has 8 heteroatoms. The highest BCUT2D eigenvalue weighted by Gasteiger charge is 2.39. The molecule has 0 bridgehead atoms. The lowest BCUT2D eigenvalue weighted by atomic mass is 10.0. The van der Waals surface area contributed by atoms with Gasteiger partial charge in [-0.05, 0) is 26.6 Å². The average molecular weight is 354 g/mol. The first kappa shape index (κ1) is 19.0. The number of amides is 1. The van der Waals surface area contributed by atoms with Gasteiger partial charge in [0.15, 0.2) is 5.69 Å². The van der Waals surface area contributed by atoms with Crippen LogP contribution in [-0.2, 0) is 13.2 Å². The van der Waals surface area contributed by atoms with Crippen LogP contribution in [0.3, 0.4) is 0 Å². The van der Waals surface area contributed by atoms with Crippen molar-refractivity contribution < 1.29 is 18.0 Å². The van der Waals surface area contributed by atoms with E-state index in [-0.39, 0.29) is 12.6 Å². The van der Waals surface area contributed by atoms with Gasteiger partial charge in [-0.15, -0.1) is 0 Å². The molecule has 1 aromatic heterocycles. The van der Waals surface area contributed by atoms with Crippen molar-refractivity contribution in [1.82, 2.24) is 20.0 Å². The molecule has 0 saturated heterocycles. The lowest BCUT2D eigenvalue weighted by molar-refractivity contribution is -0.141. The first-order chi connectivity index (χ1) is 11.6. The van der Waals surface area contributed by atoms with Gasteiger partial charge in [-0.2, -0.15) is 18.3 Å². The minimum atomic E-state index is -4.67. The number of alkyl halides is 3. The lowest BCUT2D eigenvalue weighted by Gasteiger charge is -2.25. The van der Waals surface area contributed by atoms with E-state index in [0.29, 0.717) is 0 Å². The standard InChI is InChI=1S/C17H21F3N4O/c1-11-5-7-12(8-6-11)14(23(2)3)9-21-16(25)13-10-24(4)22-15(13)17(18,19)20/h5-8,10,14H,9H2,1-4H3,(H,21,25). The molecule has 0 radical (unpaired) electrons. The predicted octanol–water partition coefficient (Wildman–Crippen LogP) is 2.78. The summed E-state index contributed by atoms with van der Waals surface area (Å²) in [6.45, 7) is 2.15. The van der Waals surface area contributed by atoms with Gasteiger partial charge in [0, 0.05) is 19.8 Å². The van der Waals surface area contributed by atoms with Crippen molar-refractivity contribution in [1.29, 1.82) is 0 Å². The number of carbonyl (C=O) groups is 1. The van der Waals surface area contributed by atoms with Crippen LogP contribution in [0.2, 0.25) is 0 Å². The maximum Gasteiger partial charge on any atom is 0.435 e. The molecule has 1 unspecified atom stereocenters. The summed E-state index contributed by atoms with van der Waals surface area (Å²) in [5, 5.41) is 5.94. The molecule has 0 aliphatic rings. The van der Waals surface area contributed by atoms with Crippen molar-refractivity contribution >= 4 is 5.91 Å². The highest BCUT2D eigenvalue weighted by Crippen LogP contribution is 2.30. The third kappa shape index (κ3) is 4.60. The van der Waals surface area contributed by atoms with Crippen LogP contribution >= 0.6 is 0 Å². The van der Waals surface area contributed by atoms with Gasteiger partial charge in [-0.3, -0.25) is 9.48 Å². The smallest absolute Gasteiger partial charge is 0.350 e. The molecule has 136 valence electrons. The van der Waals surface area contributed by atoms with E-state index in [1.54, 1.807) is 0 Å². The highest BCUT2D eigenvalue weighted by atomic mass is 19.4. The normalized spacial score (nSPS) is 13.1.